The lowest BCUT2D eigenvalue weighted by Crippen LogP contribution is -2.54. The number of nitrogen functional groups attached to an aromatic ring is 1. The summed E-state index contributed by atoms with van der Waals surface area (Å²) in [6.45, 7) is 2.04. The van der Waals surface area contributed by atoms with Crippen LogP contribution in [0.1, 0.15) is 84.5 Å². The van der Waals surface area contributed by atoms with Crippen molar-refractivity contribution in [3.8, 4) is 11.1 Å². The molecule has 2 aliphatic rings. The zero-order chi connectivity index (χ0) is 64.1. The summed E-state index contributed by atoms with van der Waals surface area (Å²) in [5, 5.41) is 31.6. The number of amides is 5. The van der Waals surface area contributed by atoms with Gasteiger partial charge in [-0.2, -0.15) is 4.31 Å². The summed E-state index contributed by atoms with van der Waals surface area (Å²) in [7, 11) is -16.6. The summed E-state index contributed by atoms with van der Waals surface area (Å²) in [6, 6.07) is 20.2. The van der Waals surface area contributed by atoms with Gasteiger partial charge in [0.1, 0.15) is 48.3 Å². The van der Waals surface area contributed by atoms with E-state index in [0.29, 0.717) is 37.8 Å². The number of benzene rings is 3. The topological polar surface area (TPSA) is 459 Å². The van der Waals surface area contributed by atoms with Crippen molar-refractivity contribution in [3.63, 3.8) is 0 Å². The second kappa shape index (κ2) is 30.2. The largest absolute Gasteiger partial charge is 0.481 e. The fourth-order valence-electron chi connectivity index (χ4n) is 9.39. The lowest BCUT2D eigenvalue weighted by molar-refractivity contribution is -0.137. The number of likely N-dealkylation sites (tertiary alicyclic amines) is 1. The number of aromatic nitrogens is 4. The number of ether oxygens (including phenoxy) is 1. The monoisotopic (exact) mass is 1300 g/mol. The summed E-state index contributed by atoms with van der Waals surface area (Å²) in [6.07, 6.45) is -5.14. The Labute approximate surface area is 507 Å². The quantitative estimate of drug-likeness (QED) is 0.0186. The Bertz CT molecular complexity index is 3490. The molecule has 88 heavy (non-hydrogen) atoms. The average molecular weight is 1310 g/mol. The van der Waals surface area contributed by atoms with Crippen molar-refractivity contribution in [2.75, 3.05) is 44.3 Å². The molecule has 12 N–H and O–H groups in total. The number of thioether (sulfide) groups is 1. The molecule has 7 rings (SSSR count). The molecule has 2 aromatic heterocycles. The molecule has 0 saturated carbocycles. The first kappa shape index (κ1) is 68.8. The van der Waals surface area contributed by atoms with Crippen LogP contribution in [0, 0.1) is 5.41 Å². The molecule has 476 valence electrons. The molecule has 0 bridgehead atoms. The fraction of sp³-hybridized carbons (Fsp3) is 0.434. The second-order valence-corrected chi connectivity index (χ2v) is 26.4. The van der Waals surface area contributed by atoms with Gasteiger partial charge >= 0.3 is 23.5 Å². The maximum absolute atomic E-state index is 13.8. The number of carbonyl (C=O) groups excluding carboxylic acids is 7. The highest BCUT2D eigenvalue weighted by Gasteiger charge is 2.50. The molecule has 2 aliphatic heterocycles. The number of aliphatic hydroxyl groups is 2. The highest BCUT2D eigenvalue weighted by molar-refractivity contribution is 8.14. The van der Waals surface area contributed by atoms with E-state index in [-0.39, 0.29) is 65.7 Å². The van der Waals surface area contributed by atoms with Crippen LogP contribution in [0.5, 0.6) is 0 Å². The number of aliphatic hydroxyl groups excluding tert-OH is 2. The maximum atomic E-state index is 13.8. The van der Waals surface area contributed by atoms with Crippen molar-refractivity contribution in [3.05, 3.63) is 108 Å². The van der Waals surface area contributed by atoms with Gasteiger partial charge in [0, 0.05) is 68.2 Å². The molecule has 0 aliphatic carbocycles. The number of fused-ring (bicyclic) bond motifs is 1. The van der Waals surface area contributed by atoms with Crippen molar-refractivity contribution < 1.29 is 99.7 Å². The zero-order valence-electron chi connectivity index (χ0n) is 47.6. The van der Waals surface area contributed by atoms with E-state index in [1.165, 1.54) is 39.0 Å². The SMILES string of the molecule is CC(=O)NC(Cc1ccc(C(=O)SCCNC(=O)CCNC(=O)C(O)C(C)(C)COP(=O)(O)OP(=O)(O)OCC2OC(n3cnc4c(N)ncnc43)C(O)C2OP(=O)(O)O)c(C=O)c1)C(=O)NC1CCCCN(Cc2ccc(-c3ccccc3)cc2)C1=O. The number of hydrogen-bond acceptors (Lipinski definition) is 22. The zero-order valence-corrected chi connectivity index (χ0v) is 51.1. The number of nitrogens with zero attached hydrogens (tertiary/aromatic N) is 5. The number of nitrogens with one attached hydrogen (secondary N) is 4. The molecule has 0 spiro atoms. The molecule has 2 saturated heterocycles. The predicted octanol–water partition coefficient (Wildman–Crippen LogP) is 2.20. The Hall–Kier alpha value is -6.70. The molecule has 9 unspecified atom stereocenters. The van der Waals surface area contributed by atoms with Crippen LogP contribution in [-0.2, 0) is 73.3 Å². The van der Waals surface area contributed by atoms with Crippen LogP contribution in [0.15, 0.2) is 85.5 Å². The van der Waals surface area contributed by atoms with E-state index in [0.717, 1.165) is 52.1 Å². The minimum absolute atomic E-state index is 0.00368. The van der Waals surface area contributed by atoms with E-state index >= 15 is 0 Å². The van der Waals surface area contributed by atoms with Crippen molar-refractivity contribution in [1.82, 2.24) is 45.7 Å². The molecule has 5 aromatic rings. The van der Waals surface area contributed by atoms with Gasteiger partial charge in [-0.15, -0.1) is 0 Å². The van der Waals surface area contributed by atoms with Gasteiger partial charge in [0.2, 0.25) is 34.7 Å². The molecule has 31 nitrogen and oxygen atoms in total. The van der Waals surface area contributed by atoms with Gasteiger partial charge in [-0.3, -0.25) is 51.7 Å². The van der Waals surface area contributed by atoms with Crippen molar-refractivity contribution >= 4 is 93.1 Å². The van der Waals surface area contributed by atoms with E-state index in [1.807, 2.05) is 54.6 Å². The van der Waals surface area contributed by atoms with Crippen LogP contribution in [0.4, 0.5) is 5.82 Å². The highest BCUT2D eigenvalue weighted by atomic mass is 32.2. The molecular formula is C53H67N10O21P3S. The number of imidazole rings is 1. The molecule has 4 heterocycles. The lowest BCUT2D eigenvalue weighted by Gasteiger charge is -2.30. The van der Waals surface area contributed by atoms with Gasteiger partial charge in [0.15, 0.2) is 24.0 Å². The molecule has 5 amide bonds. The highest BCUT2D eigenvalue weighted by Crippen LogP contribution is 2.61. The Morgan fingerprint density at radius 1 is 0.898 bits per heavy atom. The van der Waals surface area contributed by atoms with Gasteiger partial charge < -0.3 is 66.4 Å². The molecule has 9 atom stereocenters. The number of phosphoric ester groups is 3. The first-order valence-electron chi connectivity index (χ1n) is 27.2. The van der Waals surface area contributed by atoms with Gasteiger partial charge in [0.05, 0.1) is 19.5 Å². The Balaban J connectivity index is 0.814. The summed E-state index contributed by atoms with van der Waals surface area (Å²) in [5.41, 5.74) is 7.66. The third-order valence-corrected chi connectivity index (χ3v) is 17.9. The maximum Gasteiger partial charge on any atom is 0.481 e. The second-order valence-electron chi connectivity index (χ2n) is 21.1. The van der Waals surface area contributed by atoms with Crippen LogP contribution in [0.25, 0.3) is 22.3 Å². The van der Waals surface area contributed by atoms with Crippen LogP contribution in [-0.4, -0.2) is 170 Å². The lowest BCUT2D eigenvalue weighted by atomic mass is 9.87. The number of rotatable bonds is 29. The van der Waals surface area contributed by atoms with Crippen LogP contribution in [0.3, 0.4) is 0 Å². The van der Waals surface area contributed by atoms with Crippen molar-refractivity contribution in [2.24, 2.45) is 5.41 Å². The first-order valence-corrected chi connectivity index (χ1v) is 32.7. The van der Waals surface area contributed by atoms with Gasteiger partial charge in [-0.25, -0.2) is 28.6 Å². The van der Waals surface area contributed by atoms with Gasteiger partial charge in [-0.1, -0.05) is 86.3 Å². The van der Waals surface area contributed by atoms with Crippen LogP contribution >= 0.6 is 35.2 Å². The summed E-state index contributed by atoms with van der Waals surface area (Å²) in [5.74, 6) is -3.01. The summed E-state index contributed by atoms with van der Waals surface area (Å²) >= 11 is 0.791. The number of carbonyl (C=O) groups is 7. The summed E-state index contributed by atoms with van der Waals surface area (Å²) in [4.78, 5) is 144. The fourth-order valence-corrected chi connectivity index (χ4v) is 12.9. The smallest absolute Gasteiger partial charge is 0.386 e. The average Bonchev–Trinajstić information content (AvgIpc) is 1.73. The molecule has 2 fully saturated rings. The minimum Gasteiger partial charge on any atom is -0.386 e. The van der Waals surface area contributed by atoms with E-state index in [9.17, 15) is 77.0 Å². The van der Waals surface area contributed by atoms with E-state index in [4.69, 9.17) is 19.5 Å². The van der Waals surface area contributed by atoms with Gasteiger partial charge in [0.25, 0.3) is 0 Å². The third-order valence-electron chi connectivity index (χ3n) is 13.9. The Kier molecular flexibility index (Phi) is 23.6. The van der Waals surface area contributed by atoms with Crippen molar-refractivity contribution in [1.29, 1.82) is 0 Å². The van der Waals surface area contributed by atoms with Crippen molar-refractivity contribution in [2.45, 2.75) is 102 Å². The third kappa shape index (κ3) is 19.2. The molecule has 35 heteroatoms. The minimum atomic E-state index is -5.65. The standard InChI is InChI=1S/C53H67N10O21P3S/c1-31(65)60-39(48(69)61-38-11-7-8-21-62(50(38)71)25-32-12-15-35(16-13-32)34-9-5-4-6-10-34)24-33-14-17-37(36(23-33)26-64)52(72)88-22-20-55-41(66)18-19-56-49(70)45(68)53(2,3)28-81-87(78,79)84-86(76,77)80-27-40-44(83-85(73,74)75)43(67)51(82-40)63-30-59-42-46(54)57-29-58-47(42)63/h4-6,9-10,12-17,23,26,29-30,38-40,43-45,51,67-68H,7-8,11,18-22,24-25,27-28H2,1-3H3,(H,55,66)(H,56,70)(H,60,65)(H,61,69)(H,76,77)(H,78,79)(H2,54,57,58)(H2,73,74,75). The van der Waals surface area contributed by atoms with Crippen LogP contribution in [0.2, 0.25) is 0 Å². The number of anilines is 1. The molecule has 0 radical (unpaired) electrons. The number of aldehydes is 1. The molecular weight excluding hydrogens is 1240 g/mol. The van der Waals surface area contributed by atoms with Gasteiger partial charge in [-0.05, 0) is 53.6 Å². The number of hydrogen-bond donors (Lipinski definition) is 11. The number of nitrogens with two attached hydrogens (primary N) is 1. The molecule has 3 aromatic carbocycles. The summed E-state index contributed by atoms with van der Waals surface area (Å²) < 4.78 is 62.7. The van der Waals surface area contributed by atoms with E-state index in [1.54, 1.807) is 4.90 Å². The predicted molar refractivity (Wildman–Crippen MR) is 313 cm³/mol. The van der Waals surface area contributed by atoms with E-state index < -0.39 is 114 Å². The Morgan fingerprint density at radius 3 is 2.28 bits per heavy atom. The normalized spacial score (nSPS) is 20.2. The van der Waals surface area contributed by atoms with Crippen LogP contribution < -0.4 is 27.0 Å². The first-order chi connectivity index (χ1) is 41.5. The number of phosphoric acid groups is 3. The van der Waals surface area contributed by atoms with E-state index in [2.05, 4.69) is 45.1 Å². The Morgan fingerprint density at radius 2 is 1.59 bits per heavy atom.